The summed E-state index contributed by atoms with van der Waals surface area (Å²) in [5.74, 6) is 0. The third-order valence-electron chi connectivity index (χ3n) is 2.67. The van der Waals surface area contributed by atoms with Gasteiger partial charge in [0.1, 0.15) is 0 Å². The van der Waals surface area contributed by atoms with Crippen LogP contribution in [-0.2, 0) is 0 Å². The molecule has 0 saturated carbocycles. The van der Waals surface area contributed by atoms with Gasteiger partial charge in [-0.3, -0.25) is 4.79 Å². The number of benzene rings is 2. The Hall–Kier alpha value is -1.74. The van der Waals surface area contributed by atoms with Gasteiger partial charge in [0.15, 0.2) is 6.29 Å². The highest BCUT2D eigenvalue weighted by Gasteiger charge is 2.06. The number of aryl methyl sites for hydroxylation is 1. The molecule has 0 unspecified atom stereocenters. The lowest BCUT2D eigenvalue weighted by Gasteiger charge is -2.10. The van der Waals surface area contributed by atoms with E-state index in [1.807, 2.05) is 31.3 Å². The molecule has 92 valence electrons. The Balaban J connectivity index is 2.36. The predicted molar refractivity (Wildman–Crippen MR) is 76.7 cm³/mol. The van der Waals surface area contributed by atoms with E-state index in [1.165, 1.54) is 5.56 Å². The van der Waals surface area contributed by atoms with E-state index in [-0.39, 0.29) is 0 Å². The van der Waals surface area contributed by atoms with Crippen LogP contribution in [0.2, 0.25) is 0 Å². The average molecular weight is 257 g/mol. The van der Waals surface area contributed by atoms with Gasteiger partial charge in [-0.2, -0.15) is 0 Å². The smallest absolute Gasteiger partial charge is 0.151 e. The Morgan fingerprint density at radius 2 is 1.89 bits per heavy atom. The van der Waals surface area contributed by atoms with E-state index in [0.717, 1.165) is 27.3 Å². The van der Waals surface area contributed by atoms with Gasteiger partial charge in [-0.05, 0) is 30.7 Å². The minimum absolute atomic E-state index is 0.727. The Morgan fingerprint density at radius 3 is 2.61 bits per heavy atom. The highest BCUT2D eigenvalue weighted by Crippen LogP contribution is 2.35. The molecule has 1 N–H and O–H groups in total. The van der Waals surface area contributed by atoms with Crippen molar-refractivity contribution in [2.45, 2.75) is 16.7 Å². The zero-order valence-electron chi connectivity index (χ0n) is 10.4. The maximum atomic E-state index is 11.0. The minimum atomic E-state index is 0.727. The molecule has 2 aromatic carbocycles. The molecule has 0 spiro atoms. The zero-order valence-corrected chi connectivity index (χ0v) is 11.3. The van der Waals surface area contributed by atoms with Crippen molar-refractivity contribution in [3.8, 4) is 0 Å². The molecule has 0 bridgehead atoms. The van der Waals surface area contributed by atoms with Crippen LogP contribution in [0.1, 0.15) is 15.9 Å². The minimum Gasteiger partial charge on any atom is -0.387 e. The number of rotatable bonds is 4. The topological polar surface area (TPSA) is 29.1 Å². The Morgan fingerprint density at radius 1 is 1.11 bits per heavy atom. The molecule has 0 heterocycles. The van der Waals surface area contributed by atoms with Crippen molar-refractivity contribution in [2.24, 2.45) is 0 Å². The molecule has 0 amide bonds. The second-order valence-corrected chi connectivity index (χ2v) is 5.09. The van der Waals surface area contributed by atoms with Crippen molar-refractivity contribution < 1.29 is 4.79 Å². The lowest BCUT2D eigenvalue weighted by Crippen LogP contribution is -1.92. The van der Waals surface area contributed by atoms with E-state index in [1.54, 1.807) is 11.8 Å². The maximum Gasteiger partial charge on any atom is 0.151 e. The van der Waals surface area contributed by atoms with Crippen LogP contribution in [0.25, 0.3) is 0 Å². The Kier molecular flexibility index (Phi) is 4.05. The molecule has 0 radical (unpaired) electrons. The fraction of sp³-hybridized carbons (Fsp3) is 0.133. The Bertz CT molecular complexity index is 566. The molecule has 2 aromatic rings. The van der Waals surface area contributed by atoms with Gasteiger partial charge in [0.25, 0.3) is 0 Å². The van der Waals surface area contributed by atoms with Gasteiger partial charge in [0.05, 0.1) is 0 Å². The molecule has 0 aliphatic carbocycles. The summed E-state index contributed by atoms with van der Waals surface area (Å²) in [7, 11) is 1.91. The van der Waals surface area contributed by atoms with Gasteiger partial charge in [0, 0.05) is 28.1 Å². The lowest BCUT2D eigenvalue weighted by molar-refractivity contribution is 0.112. The van der Waals surface area contributed by atoms with Crippen molar-refractivity contribution in [3.05, 3.63) is 53.6 Å². The fourth-order valence-corrected chi connectivity index (χ4v) is 2.74. The standard InChI is InChI=1S/C15H15NOS/c1-11-7-8-15(13(9-11)16-2)18-14-6-4-3-5-12(14)10-17/h3-10,16H,1-2H3. The lowest BCUT2D eigenvalue weighted by atomic mass is 10.2. The van der Waals surface area contributed by atoms with E-state index in [4.69, 9.17) is 0 Å². The van der Waals surface area contributed by atoms with Crippen molar-refractivity contribution in [1.29, 1.82) is 0 Å². The summed E-state index contributed by atoms with van der Waals surface area (Å²) < 4.78 is 0. The second-order valence-electron chi connectivity index (χ2n) is 4.01. The van der Waals surface area contributed by atoms with Crippen LogP contribution < -0.4 is 5.32 Å². The number of nitrogens with one attached hydrogen (secondary N) is 1. The Labute approximate surface area is 111 Å². The molecule has 0 atom stereocenters. The van der Waals surface area contributed by atoms with Gasteiger partial charge in [-0.1, -0.05) is 36.0 Å². The molecule has 0 aliphatic rings. The van der Waals surface area contributed by atoms with Crippen LogP contribution >= 0.6 is 11.8 Å². The van der Waals surface area contributed by atoms with Crippen LogP contribution in [0.5, 0.6) is 0 Å². The van der Waals surface area contributed by atoms with Gasteiger partial charge in [-0.15, -0.1) is 0 Å². The molecule has 0 aliphatic heterocycles. The number of carbonyl (C=O) groups excluding carboxylic acids is 1. The van der Waals surface area contributed by atoms with Crippen molar-refractivity contribution >= 4 is 23.7 Å². The molecular weight excluding hydrogens is 242 g/mol. The normalized spacial score (nSPS) is 10.1. The largest absolute Gasteiger partial charge is 0.387 e. The maximum absolute atomic E-state index is 11.0. The summed E-state index contributed by atoms with van der Waals surface area (Å²) in [6, 6.07) is 13.9. The number of carbonyl (C=O) groups is 1. The predicted octanol–water partition coefficient (Wildman–Crippen LogP) is 4.00. The summed E-state index contributed by atoms with van der Waals surface area (Å²) >= 11 is 1.60. The molecule has 0 fully saturated rings. The van der Waals surface area contributed by atoms with Gasteiger partial charge < -0.3 is 5.32 Å². The third kappa shape index (κ3) is 2.74. The van der Waals surface area contributed by atoms with Crippen molar-refractivity contribution in [2.75, 3.05) is 12.4 Å². The summed E-state index contributed by atoms with van der Waals surface area (Å²) in [4.78, 5) is 13.1. The van der Waals surface area contributed by atoms with Gasteiger partial charge >= 0.3 is 0 Å². The van der Waals surface area contributed by atoms with Gasteiger partial charge in [-0.25, -0.2) is 0 Å². The molecule has 3 heteroatoms. The van der Waals surface area contributed by atoms with Crippen LogP contribution in [-0.4, -0.2) is 13.3 Å². The van der Waals surface area contributed by atoms with Crippen LogP contribution in [0.4, 0.5) is 5.69 Å². The fourth-order valence-electron chi connectivity index (χ4n) is 1.72. The molecule has 2 nitrogen and oxygen atoms in total. The third-order valence-corrected chi connectivity index (χ3v) is 3.84. The SMILES string of the molecule is CNc1cc(C)ccc1Sc1ccccc1C=O. The average Bonchev–Trinajstić information content (AvgIpc) is 2.41. The highest BCUT2D eigenvalue weighted by molar-refractivity contribution is 7.99. The van der Waals surface area contributed by atoms with E-state index in [0.29, 0.717) is 0 Å². The van der Waals surface area contributed by atoms with E-state index < -0.39 is 0 Å². The molecular formula is C15H15NOS. The number of hydrogen-bond donors (Lipinski definition) is 1. The zero-order chi connectivity index (χ0) is 13.0. The van der Waals surface area contributed by atoms with E-state index >= 15 is 0 Å². The van der Waals surface area contributed by atoms with E-state index in [2.05, 4.69) is 30.4 Å². The number of hydrogen-bond acceptors (Lipinski definition) is 3. The molecule has 2 rings (SSSR count). The molecule has 18 heavy (non-hydrogen) atoms. The number of anilines is 1. The summed E-state index contributed by atoms with van der Waals surface area (Å²) in [5.41, 5.74) is 3.03. The van der Waals surface area contributed by atoms with E-state index in [9.17, 15) is 4.79 Å². The van der Waals surface area contributed by atoms with Crippen LogP contribution in [0, 0.1) is 6.92 Å². The van der Waals surface area contributed by atoms with Crippen molar-refractivity contribution in [3.63, 3.8) is 0 Å². The summed E-state index contributed by atoms with van der Waals surface area (Å²) in [6.07, 6.45) is 0.898. The number of aldehydes is 1. The highest BCUT2D eigenvalue weighted by atomic mass is 32.2. The van der Waals surface area contributed by atoms with Crippen molar-refractivity contribution in [1.82, 2.24) is 0 Å². The van der Waals surface area contributed by atoms with Gasteiger partial charge in [0.2, 0.25) is 0 Å². The summed E-state index contributed by atoms with van der Waals surface area (Å²) in [5, 5.41) is 3.18. The first kappa shape index (κ1) is 12.7. The monoisotopic (exact) mass is 257 g/mol. The molecule has 0 aromatic heterocycles. The first-order valence-corrected chi connectivity index (χ1v) is 6.56. The molecule has 0 saturated heterocycles. The summed E-state index contributed by atoms with van der Waals surface area (Å²) in [6.45, 7) is 2.06. The first-order valence-electron chi connectivity index (χ1n) is 5.75. The first-order chi connectivity index (χ1) is 8.74. The van der Waals surface area contributed by atoms with Crippen LogP contribution in [0.15, 0.2) is 52.3 Å². The quantitative estimate of drug-likeness (QED) is 0.839. The second kappa shape index (κ2) is 5.74. The van der Waals surface area contributed by atoms with Crippen LogP contribution in [0.3, 0.4) is 0 Å².